The minimum Gasteiger partial charge on any atom is -0.507 e. The van der Waals surface area contributed by atoms with Gasteiger partial charge in [0.2, 0.25) is 11.8 Å². The maximum atomic E-state index is 14.8. The highest BCUT2D eigenvalue weighted by molar-refractivity contribution is 6.32. The number of unbranched alkanes of at least 4 members (excludes halogenated alkanes) is 2. The van der Waals surface area contributed by atoms with Crippen LogP contribution in [-0.2, 0) is 70.2 Å². The third-order valence-electron chi connectivity index (χ3n) is 18.2. The molecule has 92 heavy (non-hydrogen) atoms. The number of fused-ring (bicyclic) bond motifs is 6. The summed E-state index contributed by atoms with van der Waals surface area (Å²) in [4.78, 5) is 139. The van der Waals surface area contributed by atoms with Crippen LogP contribution in [0.3, 0.4) is 0 Å². The molecule has 1 unspecified atom stereocenters. The molecule has 7 aliphatic rings. The average Bonchev–Trinajstić information content (AvgIpc) is 0.820. The average molecular weight is 1280 g/mol. The number of ketones is 3. The summed E-state index contributed by atoms with van der Waals surface area (Å²) in [6, 6.07) is 8.85. The number of nitrogens with two attached hydrogens (primary N) is 2. The number of phenols is 2. The van der Waals surface area contributed by atoms with Crippen molar-refractivity contribution in [2.24, 2.45) is 17.6 Å². The number of morpholine rings is 1. The molecule has 494 valence electrons. The predicted octanol–water partition coefficient (Wildman–Crippen LogP) is 2.79. The second-order valence-corrected chi connectivity index (χ2v) is 24.7. The van der Waals surface area contributed by atoms with Crippen LogP contribution in [0.4, 0.5) is 21.0 Å². The molecule has 10 atom stereocenters. The van der Waals surface area contributed by atoms with Crippen molar-refractivity contribution < 1.29 is 91.7 Å². The maximum Gasteiger partial charge on any atom is 0.410 e. The molecule has 0 bridgehead atoms. The monoisotopic (exact) mass is 1280 g/mol. The van der Waals surface area contributed by atoms with Crippen LogP contribution in [0.2, 0.25) is 0 Å². The Morgan fingerprint density at radius 2 is 1.55 bits per heavy atom. The first-order valence-electron chi connectivity index (χ1n) is 31.1. The molecule has 3 aromatic rings. The topological polar surface area (TPSA) is 388 Å². The van der Waals surface area contributed by atoms with Crippen LogP contribution in [0, 0.1) is 11.8 Å². The van der Waals surface area contributed by atoms with Gasteiger partial charge in [0.15, 0.2) is 36.2 Å². The molecule has 3 aromatic carbocycles. The van der Waals surface area contributed by atoms with Crippen molar-refractivity contribution >= 4 is 70.4 Å². The van der Waals surface area contributed by atoms with Crippen molar-refractivity contribution in [1.29, 1.82) is 0 Å². The fourth-order valence-corrected chi connectivity index (χ4v) is 13.4. The molecule has 0 spiro atoms. The summed E-state index contributed by atoms with van der Waals surface area (Å²) in [6.07, 6.45) is -1.84. The molecule has 10 N–H and O–H groups in total. The van der Waals surface area contributed by atoms with E-state index in [4.69, 9.17) is 39.9 Å². The molecule has 28 nitrogen and oxygen atoms in total. The highest BCUT2D eigenvalue weighted by atomic mass is 16.7. The number of rotatable bonds is 23. The Balaban J connectivity index is 0.754. The summed E-state index contributed by atoms with van der Waals surface area (Å²) in [5.41, 5.74) is 8.49. The van der Waals surface area contributed by atoms with E-state index in [1.54, 1.807) is 38.1 Å². The van der Waals surface area contributed by atoms with E-state index in [2.05, 4.69) is 20.9 Å². The zero-order valence-electron chi connectivity index (χ0n) is 51.7. The molecule has 0 aromatic heterocycles. The fourth-order valence-electron chi connectivity index (χ4n) is 13.4. The lowest BCUT2D eigenvalue weighted by Crippen LogP contribution is -2.59. The van der Waals surface area contributed by atoms with Crippen molar-refractivity contribution in [2.45, 2.75) is 146 Å². The van der Waals surface area contributed by atoms with Gasteiger partial charge in [-0.25, -0.2) is 9.59 Å². The number of hydrogen-bond acceptors (Lipinski definition) is 21. The number of ether oxygens (including phenoxy) is 6. The van der Waals surface area contributed by atoms with Gasteiger partial charge in [-0.15, -0.1) is 0 Å². The zero-order valence-corrected chi connectivity index (χ0v) is 51.7. The number of carbonyl (C=O) groups is 10. The molecule has 10 rings (SSSR count). The normalized spacial score (nSPS) is 24.9. The van der Waals surface area contributed by atoms with E-state index in [0.717, 1.165) is 4.90 Å². The standard InChI is InChI=1S/C64H79N9O19/c1-33(2)52(69-44(75)13-6-5-7-21-73-45(76)18-19-46(73)77)42(74)28-36(10-9-20-67-62(66)84)58(82)68-37-16-14-35(15-17-37)32-89-63(85)71-24-22-70(23-25-71)61(83)64(86)30-39-49(56(81)51-50(54(39)79)53(78)38-11-8-12-40(65)48(38)55(51)80)43(31-64)91-47-29-41-57(34(3)90-47)92-59-60(87-4)88-27-26-72(41)59/h8,11-12,14-19,33-34,36,41,43,47,52,57,59-60,79,81,86H,5-7,9-10,13,20-32,65H2,1-4H3,(H,68,82)(H,69,75)(H3,66,67,84)/t34-,36+,41-,43-,47?,52-,57+,59+,60-,64-/m0/s1. The molecule has 28 heteroatoms. The lowest BCUT2D eigenvalue weighted by atomic mass is 9.72. The van der Waals surface area contributed by atoms with E-state index < -0.39 is 126 Å². The number of hydrogen-bond donors (Lipinski definition) is 8. The number of carbonyl (C=O) groups excluding carboxylic acids is 10. The Bertz CT molecular complexity index is 3410. The van der Waals surface area contributed by atoms with Gasteiger partial charge in [-0.05, 0) is 62.3 Å². The van der Waals surface area contributed by atoms with Crippen LogP contribution >= 0.6 is 0 Å². The number of piperazine rings is 1. The van der Waals surface area contributed by atoms with Gasteiger partial charge in [-0.1, -0.05) is 44.5 Å². The molecular formula is C64H79N9O19. The van der Waals surface area contributed by atoms with E-state index in [1.807, 2.05) is 6.92 Å². The summed E-state index contributed by atoms with van der Waals surface area (Å²) < 4.78 is 36.5. The van der Waals surface area contributed by atoms with Crippen LogP contribution in [-0.4, -0.2) is 202 Å². The summed E-state index contributed by atoms with van der Waals surface area (Å²) in [6.45, 7) is 6.33. The number of benzene rings is 3. The van der Waals surface area contributed by atoms with Crippen LogP contribution in [0.1, 0.15) is 133 Å². The molecule has 5 heterocycles. The number of urea groups is 1. The number of nitrogen functional groups attached to an aromatic ring is 1. The van der Waals surface area contributed by atoms with Crippen LogP contribution in [0.25, 0.3) is 0 Å². The lowest BCUT2D eigenvalue weighted by molar-refractivity contribution is -0.256. The summed E-state index contributed by atoms with van der Waals surface area (Å²) in [5, 5.41) is 45.2. The number of phenolic OH excluding ortho intramolecular Hbond substituents is 2. The fraction of sp³-hybridized carbons (Fsp3) is 0.531. The van der Waals surface area contributed by atoms with Crippen molar-refractivity contribution in [3.05, 3.63) is 93.6 Å². The molecule has 0 saturated carbocycles. The van der Waals surface area contributed by atoms with Crippen molar-refractivity contribution in [3.63, 3.8) is 0 Å². The Hall–Kier alpha value is -8.38. The van der Waals surface area contributed by atoms with E-state index in [9.17, 15) is 63.3 Å². The van der Waals surface area contributed by atoms with Crippen LogP contribution < -0.4 is 27.4 Å². The smallest absolute Gasteiger partial charge is 0.410 e. The zero-order chi connectivity index (χ0) is 65.9. The van der Waals surface area contributed by atoms with Gasteiger partial charge in [0.1, 0.15) is 29.8 Å². The molecule has 5 aliphatic heterocycles. The van der Waals surface area contributed by atoms with E-state index in [0.29, 0.717) is 50.1 Å². The van der Waals surface area contributed by atoms with Crippen molar-refractivity contribution in [1.82, 2.24) is 30.2 Å². The SMILES string of the molecule is CO[C@H]1OCCN2[C@@H]1O[C@@H]1[C@H](C)OC(O[C@H]3C[C@](O)(C(=O)N4CCN(C(=O)OCc5ccc(NC(=O)[C@H](CCCNC(N)=O)CC(=O)[C@@H](NC(=O)CCCCCN6C(=O)C=CC6=O)C(C)C)cc5)CC4)Cc4c(O)c5c(c(O)c43)C(=O)c3c(N)cccc3C5=O)C[C@@H]12. The third-order valence-corrected chi connectivity index (χ3v) is 18.2. The highest BCUT2D eigenvalue weighted by Gasteiger charge is 2.56. The highest BCUT2D eigenvalue weighted by Crippen LogP contribution is 2.53. The molecular weight excluding hydrogens is 1200 g/mol. The number of anilines is 2. The first kappa shape index (κ1) is 66.5. The quantitative estimate of drug-likeness (QED) is 0.0229. The minimum atomic E-state index is -2.34. The Morgan fingerprint density at radius 3 is 2.25 bits per heavy atom. The summed E-state index contributed by atoms with van der Waals surface area (Å²) >= 11 is 0. The second-order valence-electron chi connectivity index (χ2n) is 24.7. The molecule has 4 fully saturated rings. The number of nitrogens with zero attached hydrogens (tertiary/aromatic N) is 4. The number of imide groups is 1. The maximum absolute atomic E-state index is 14.8. The lowest BCUT2D eigenvalue weighted by Gasteiger charge is -2.45. The van der Waals surface area contributed by atoms with Gasteiger partial charge in [0, 0.05) is 137 Å². The first-order chi connectivity index (χ1) is 44.0. The second kappa shape index (κ2) is 28.2. The van der Waals surface area contributed by atoms with E-state index >= 15 is 0 Å². The largest absolute Gasteiger partial charge is 0.507 e. The van der Waals surface area contributed by atoms with Gasteiger partial charge in [0.25, 0.3) is 17.7 Å². The molecule has 4 saturated heterocycles. The minimum absolute atomic E-state index is 0.00855. The number of Topliss-reactive ketones (excluding diaryl/α,β-unsaturated/α-hetero) is 1. The van der Waals surface area contributed by atoms with Crippen molar-refractivity contribution in [3.8, 4) is 11.5 Å². The van der Waals surface area contributed by atoms with Gasteiger partial charge in [-0.2, -0.15) is 0 Å². The number of methoxy groups -OCH3 is 1. The number of nitrogens with one attached hydrogen (secondary N) is 3. The van der Waals surface area contributed by atoms with Crippen molar-refractivity contribution in [2.75, 3.05) is 70.6 Å². The number of primary amides is 1. The van der Waals surface area contributed by atoms with Gasteiger partial charge >= 0.3 is 12.1 Å². The Morgan fingerprint density at radius 1 is 0.848 bits per heavy atom. The Kier molecular flexibility index (Phi) is 20.4. The third kappa shape index (κ3) is 14.0. The van der Waals surface area contributed by atoms with Gasteiger partial charge in [0.05, 0.1) is 41.5 Å². The number of aromatic hydroxyl groups is 2. The van der Waals surface area contributed by atoms with E-state index in [1.165, 1.54) is 47.3 Å². The molecule has 2 aliphatic carbocycles. The van der Waals surface area contributed by atoms with Gasteiger partial charge in [-0.3, -0.25) is 48.2 Å². The van der Waals surface area contributed by atoms with Crippen LogP contribution in [0.15, 0.2) is 54.6 Å². The summed E-state index contributed by atoms with van der Waals surface area (Å²) in [7, 11) is 1.52. The van der Waals surface area contributed by atoms with Gasteiger partial charge < -0.3 is 81.0 Å². The first-order valence-corrected chi connectivity index (χ1v) is 31.1. The number of aliphatic hydroxyl groups is 1. The van der Waals surface area contributed by atoms with Crippen LogP contribution in [0.5, 0.6) is 11.5 Å². The molecule has 8 amide bonds. The Labute approximate surface area is 530 Å². The predicted molar refractivity (Wildman–Crippen MR) is 324 cm³/mol. The summed E-state index contributed by atoms with van der Waals surface area (Å²) in [5.74, 6) is -6.93. The van der Waals surface area contributed by atoms with E-state index in [-0.39, 0.29) is 135 Å². The molecule has 0 radical (unpaired) electrons. The number of amides is 8.